The van der Waals surface area contributed by atoms with E-state index < -0.39 is 0 Å². The number of fused-ring (bicyclic) bond motifs is 1. The van der Waals surface area contributed by atoms with Crippen molar-refractivity contribution in [1.29, 1.82) is 0 Å². The summed E-state index contributed by atoms with van der Waals surface area (Å²) in [7, 11) is 0. The van der Waals surface area contributed by atoms with Gasteiger partial charge in [-0.1, -0.05) is 18.2 Å². The highest BCUT2D eigenvalue weighted by atomic mass is 14.9. The van der Waals surface area contributed by atoms with E-state index >= 15 is 0 Å². The molecular weight excluding hydrogens is 308 g/mol. The number of pyridine rings is 1. The Morgan fingerprint density at radius 3 is 2.56 bits per heavy atom. The minimum Gasteiger partial charge on any atom is -0.399 e. The van der Waals surface area contributed by atoms with Gasteiger partial charge in [0.2, 0.25) is 0 Å². The van der Waals surface area contributed by atoms with E-state index in [1.54, 1.807) is 12.4 Å². The summed E-state index contributed by atoms with van der Waals surface area (Å²) >= 11 is 0. The molecule has 0 unspecified atom stereocenters. The van der Waals surface area contributed by atoms with Gasteiger partial charge in [0.05, 0.1) is 0 Å². The smallest absolute Gasteiger partial charge is 0.0456 e. The second-order valence-electron chi connectivity index (χ2n) is 6.13. The molecule has 4 rings (SSSR count). The molecule has 4 aromatic rings. The van der Waals surface area contributed by atoms with Crippen LogP contribution in [-0.2, 0) is 12.8 Å². The topological polar surface area (TPSA) is 66.7 Å². The van der Waals surface area contributed by atoms with Crippen molar-refractivity contribution in [3.05, 3.63) is 84.3 Å². The lowest BCUT2D eigenvalue weighted by atomic mass is 10.0. The summed E-state index contributed by atoms with van der Waals surface area (Å²) in [4.78, 5) is 7.37. The fourth-order valence-corrected chi connectivity index (χ4v) is 3.11. The zero-order chi connectivity index (χ0) is 17.1. The number of aromatic amines is 1. The van der Waals surface area contributed by atoms with Gasteiger partial charge in [-0.05, 0) is 60.4 Å². The van der Waals surface area contributed by atoms with E-state index in [-0.39, 0.29) is 0 Å². The van der Waals surface area contributed by atoms with Crippen molar-refractivity contribution in [2.75, 3.05) is 11.1 Å². The Morgan fingerprint density at radius 2 is 1.68 bits per heavy atom. The third kappa shape index (κ3) is 3.33. The number of aromatic nitrogens is 2. The molecule has 4 N–H and O–H groups in total. The van der Waals surface area contributed by atoms with E-state index in [4.69, 9.17) is 5.73 Å². The lowest BCUT2D eigenvalue weighted by Gasteiger charge is -2.11. The summed E-state index contributed by atoms with van der Waals surface area (Å²) in [6.45, 7) is 0. The molecule has 2 aromatic heterocycles. The van der Waals surface area contributed by atoms with Gasteiger partial charge < -0.3 is 16.0 Å². The van der Waals surface area contributed by atoms with Crippen molar-refractivity contribution in [2.45, 2.75) is 12.8 Å². The second-order valence-corrected chi connectivity index (χ2v) is 6.13. The fraction of sp³-hybridized carbons (Fsp3) is 0.0952. The molecule has 0 spiro atoms. The summed E-state index contributed by atoms with van der Waals surface area (Å²) in [6.07, 6.45) is 7.50. The van der Waals surface area contributed by atoms with Crippen LogP contribution in [0.1, 0.15) is 11.1 Å². The molecule has 0 aliphatic rings. The van der Waals surface area contributed by atoms with Crippen LogP contribution < -0.4 is 11.1 Å². The number of aryl methyl sites for hydroxylation is 2. The Hall–Kier alpha value is -3.27. The quantitative estimate of drug-likeness (QED) is 0.466. The van der Waals surface area contributed by atoms with Gasteiger partial charge in [-0.3, -0.25) is 4.98 Å². The molecule has 4 heteroatoms. The molecule has 25 heavy (non-hydrogen) atoms. The van der Waals surface area contributed by atoms with E-state index in [0.717, 1.165) is 35.5 Å². The Kier molecular flexibility index (Phi) is 4.09. The van der Waals surface area contributed by atoms with Crippen LogP contribution in [0.3, 0.4) is 0 Å². The van der Waals surface area contributed by atoms with Crippen molar-refractivity contribution in [3.8, 4) is 0 Å². The molecule has 2 aromatic carbocycles. The van der Waals surface area contributed by atoms with E-state index in [1.807, 2.05) is 24.3 Å². The Bertz CT molecular complexity index is 989. The van der Waals surface area contributed by atoms with Crippen LogP contribution >= 0.6 is 0 Å². The number of nitrogens with zero attached hydrogens (tertiary/aromatic N) is 1. The molecule has 0 aliphatic carbocycles. The summed E-state index contributed by atoms with van der Waals surface area (Å²) in [5, 5.41) is 4.68. The van der Waals surface area contributed by atoms with Crippen LogP contribution in [0.5, 0.6) is 0 Å². The van der Waals surface area contributed by atoms with Crippen LogP contribution in [0.25, 0.3) is 10.9 Å². The predicted molar refractivity (Wildman–Crippen MR) is 104 cm³/mol. The largest absolute Gasteiger partial charge is 0.399 e. The Balaban J connectivity index is 1.53. The van der Waals surface area contributed by atoms with Crippen molar-refractivity contribution in [2.24, 2.45) is 0 Å². The van der Waals surface area contributed by atoms with Gasteiger partial charge in [0.1, 0.15) is 0 Å². The van der Waals surface area contributed by atoms with E-state index in [9.17, 15) is 0 Å². The van der Waals surface area contributed by atoms with E-state index in [2.05, 4.69) is 51.8 Å². The Labute approximate surface area is 146 Å². The molecule has 124 valence electrons. The standard InChI is InChI=1S/C21H20N4/c22-20-8-7-18(25-17-9-11-23-12-10-17)13-15(20)5-6-16-14-24-21-4-2-1-3-19(16)21/h1-4,7-14,24H,5-6,22H2,(H,23,25). The average molecular weight is 328 g/mol. The average Bonchev–Trinajstić information content (AvgIpc) is 3.06. The first kappa shape index (κ1) is 15.3. The summed E-state index contributed by atoms with van der Waals surface area (Å²) < 4.78 is 0. The van der Waals surface area contributed by atoms with Gasteiger partial charge >= 0.3 is 0 Å². The maximum absolute atomic E-state index is 6.19. The van der Waals surface area contributed by atoms with Gasteiger partial charge in [-0.2, -0.15) is 0 Å². The van der Waals surface area contributed by atoms with Crippen LogP contribution in [0.2, 0.25) is 0 Å². The number of benzene rings is 2. The highest BCUT2D eigenvalue weighted by Crippen LogP contribution is 2.24. The molecule has 0 amide bonds. The molecule has 0 saturated heterocycles. The number of rotatable bonds is 5. The SMILES string of the molecule is Nc1ccc(Nc2ccncc2)cc1CCc1c[nH]c2ccccc12. The third-order valence-corrected chi connectivity index (χ3v) is 4.45. The molecule has 0 bridgehead atoms. The minimum atomic E-state index is 0.833. The van der Waals surface area contributed by atoms with Gasteiger partial charge in [-0.25, -0.2) is 0 Å². The first-order valence-corrected chi connectivity index (χ1v) is 8.40. The van der Waals surface area contributed by atoms with Gasteiger partial charge in [0.25, 0.3) is 0 Å². The first-order chi connectivity index (χ1) is 12.3. The van der Waals surface area contributed by atoms with Crippen LogP contribution in [0.4, 0.5) is 17.1 Å². The molecular formula is C21H20N4. The van der Waals surface area contributed by atoms with Crippen molar-refractivity contribution in [1.82, 2.24) is 9.97 Å². The van der Waals surface area contributed by atoms with Gasteiger partial charge in [0.15, 0.2) is 0 Å². The fourth-order valence-electron chi connectivity index (χ4n) is 3.11. The number of H-pyrrole nitrogens is 1. The summed E-state index contributed by atoms with van der Waals surface area (Å²) in [5.74, 6) is 0. The second kappa shape index (κ2) is 6.69. The highest BCUT2D eigenvalue weighted by molar-refractivity contribution is 5.83. The zero-order valence-electron chi connectivity index (χ0n) is 13.9. The summed E-state index contributed by atoms with van der Waals surface area (Å²) in [6, 6.07) is 18.4. The molecule has 2 heterocycles. The van der Waals surface area contributed by atoms with Gasteiger partial charge in [0, 0.05) is 46.6 Å². The highest BCUT2D eigenvalue weighted by Gasteiger charge is 2.06. The Morgan fingerprint density at radius 1 is 0.880 bits per heavy atom. The number of nitrogens with two attached hydrogens (primary N) is 1. The van der Waals surface area contributed by atoms with E-state index in [0.29, 0.717) is 0 Å². The number of nitrogens with one attached hydrogen (secondary N) is 2. The number of anilines is 3. The maximum Gasteiger partial charge on any atom is 0.0456 e. The number of hydrogen-bond donors (Lipinski definition) is 3. The lowest BCUT2D eigenvalue weighted by molar-refractivity contribution is 0.971. The van der Waals surface area contributed by atoms with Crippen LogP contribution in [-0.4, -0.2) is 9.97 Å². The zero-order valence-corrected chi connectivity index (χ0v) is 13.9. The third-order valence-electron chi connectivity index (χ3n) is 4.45. The summed E-state index contributed by atoms with van der Waals surface area (Å²) in [5.41, 5.74) is 12.7. The monoisotopic (exact) mass is 328 g/mol. The molecule has 0 fully saturated rings. The number of para-hydroxylation sites is 1. The van der Waals surface area contributed by atoms with Crippen molar-refractivity contribution < 1.29 is 0 Å². The molecule has 0 aliphatic heterocycles. The van der Waals surface area contributed by atoms with Crippen LogP contribution in [0, 0.1) is 0 Å². The van der Waals surface area contributed by atoms with Crippen molar-refractivity contribution >= 4 is 28.0 Å². The number of nitrogen functional groups attached to an aromatic ring is 1. The molecule has 4 nitrogen and oxygen atoms in total. The first-order valence-electron chi connectivity index (χ1n) is 8.40. The molecule has 0 saturated carbocycles. The molecule has 0 atom stereocenters. The van der Waals surface area contributed by atoms with E-state index in [1.165, 1.54) is 16.5 Å². The van der Waals surface area contributed by atoms with Crippen molar-refractivity contribution in [3.63, 3.8) is 0 Å². The molecule has 0 radical (unpaired) electrons. The predicted octanol–water partition coefficient (Wildman–Crippen LogP) is 4.67. The minimum absolute atomic E-state index is 0.833. The number of hydrogen-bond acceptors (Lipinski definition) is 3. The maximum atomic E-state index is 6.19. The lowest BCUT2D eigenvalue weighted by Crippen LogP contribution is -1.99. The normalized spacial score (nSPS) is 10.9. The van der Waals surface area contributed by atoms with Gasteiger partial charge in [-0.15, -0.1) is 0 Å². The van der Waals surface area contributed by atoms with Crippen LogP contribution in [0.15, 0.2) is 73.2 Å².